The Hall–Kier alpha value is -2.19. The van der Waals surface area contributed by atoms with Crippen molar-refractivity contribution >= 4 is 13.3 Å². The molecule has 1 heterocycles. The number of rotatable bonds is 5. The Morgan fingerprint density at radius 1 is 0.862 bits per heavy atom. The molecule has 1 aromatic heterocycles. The van der Waals surface area contributed by atoms with E-state index < -0.39 is 8.07 Å². The number of aromatic nitrogens is 1. The maximum atomic E-state index is 4.81. The van der Waals surface area contributed by atoms with Crippen LogP contribution in [0.25, 0.3) is 22.4 Å². The molecule has 2 aromatic carbocycles. The van der Waals surface area contributed by atoms with E-state index in [1.807, 2.05) is 0 Å². The number of nitrogens with zero attached hydrogens (tertiary/aromatic N) is 1. The fourth-order valence-electron chi connectivity index (χ4n) is 3.63. The van der Waals surface area contributed by atoms with E-state index in [1.54, 1.807) is 0 Å². The van der Waals surface area contributed by atoms with Crippen LogP contribution in [-0.2, 0) is 6.42 Å². The molecule has 3 rings (SSSR count). The molecule has 0 bridgehead atoms. The lowest BCUT2D eigenvalue weighted by molar-refractivity contribution is 0.648. The van der Waals surface area contributed by atoms with E-state index in [2.05, 4.69) is 115 Å². The van der Waals surface area contributed by atoms with Gasteiger partial charge in [0.25, 0.3) is 0 Å². The lowest BCUT2D eigenvalue weighted by Gasteiger charge is -2.37. The van der Waals surface area contributed by atoms with E-state index in [-0.39, 0.29) is 0 Å². The van der Waals surface area contributed by atoms with E-state index in [1.165, 1.54) is 27.4 Å². The molecule has 3 aromatic rings. The van der Waals surface area contributed by atoms with E-state index in [4.69, 9.17) is 4.98 Å². The van der Waals surface area contributed by atoms with Crippen molar-refractivity contribution in [2.45, 2.75) is 59.2 Å². The topological polar surface area (TPSA) is 12.9 Å². The molecule has 0 amide bonds. The molecule has 152 valence electrons. The molecule has 2 heteroatoms. The Morgan fingerprint density at radius 2 is 1.48 bits per heavy atom. The van der Waals surface area contributed by atoms with Gasteiger partial charge in [0, 0.05) is 17.3 Å². The zero-order valence-corrected chi connectivity index (χ0v) is 20.1. The van der Waals surface area contributed by atoms with Crippen LogP contribution in [0.15, 0.2) is 66.9 Å². The minimum atomic E-state index is -1.51. The van der Waals surface area contributed by atoms with Crippen LogP contribution < -0.4 is 5.19 Å². The van der Waals surface area contributed by atoms with Crippen LogP contribution >= 0.6 is 0 Å². The lowest BCUT2D eigenvalue weighted by Crippen LogP contribution is -2.49. The van der Waals surface area contributed by atoms with Crippen LogP contribution in [-0.4, -0.2) is 13.1 Å². The third-order valence-electron chi connectivity index (χ3n) is 6.48. The van der Waals surface area contributed by atoms with Crippen molar-refractivity contribution in [2.75, 3.05) is 0 Å². The first kappa shape index (κ1) is 21.5. The third kappa shape index (κ3) is 4.70. The molecule has 0 spiro atoms. The summed E-state index contributed by atoms with van der Waals surface area (Å²) < 4.78 is 0. The summed E-state index contributed by atoms with van der Waals surface area (Å²) in [7, 11) is -1.51. The minimum absolute atomic E-state index is 0.343. The Balaban J connectivity index is 2.01. The number of hydrogen-bond acceptors (Lipinski definition) is 1. The second-order valence-corrected chi connectivity index (χ2v) is 15.5. The summed E-state index contributed by atoms with van der Waals surface area (Å²) in [5.41, 5.74) is 6.16. The highest BCUT2D eigenvalue weighted by molar-refractivity contribution is 6.92. The zero-order valence-electron chi connectivity index (χ0n) is 19.1. The summed E-state index contributed by atoms with van der Waals surface area (Å²) in [6.45, 7) is 16.6. The molecular weight excluding hydrogens is 366 g/mol. The molecule has 0 N–H and O–H groups in total. The Labute approximate surface area is 178 Å². The average Bonchev–Trinajstić information content (AvgIpc) is 2.67. The van der Waals surface area contributed by atoms with Gasteiger partial charge < -0.3 is 0 Å². The van der Waals surface area contributed by atoms with E-state index in [0.717, 1.165) is 12.1 Å². The van der Waals surface area contributed by atoms with Crippen molar-refractivity contribution in [2.24, 2.45) is 5.92 Å². The summed E-state index contributed by atoms with van der Waals surface area (Å²) in [6, 6.07) is 22.1. The van der Waals surface area contributed by atoms with Gasteiger partial charge in [-0.2, -0.15) is 0 Å². The van der Waals surface area contributed by atoms with Crippen molar-refractivity contribution in [3.63, 3.8) is 0 Å². The van der Waals surface area contributed by atoms with Crippen molar-refractivity contribution < 1.29 is 0 Å². The molecule has 0 atom stereocenters. The summed E-state index contributed by atoms with van der Waals surface area (Å²) in [5, 5.41) is 1.86. The van der Waals surface area contributed by atoms with E-state index in [9.17, 15) is 0 Å². The Morgan fingerprint density at radius 3 is 2.03 bits per heavy atom. The van der Waals surface area contributed by atoms with Gasteiger partial charge in [-0.15, -0.1) is 0 Å². The van der Waals surface area contributed by atoms with Crippen LogP contribution in [0.4, 0.5) is 0 Å². The van der Waals surface area contributed by atoms with Crippen LogP contribution in [0.1, 0.15) is 40.2 Å². The highest BCUT2D eigenvalue weighted by atomic mass is 28.3. The van der Waals surface area contributed by atoms with Crippen molar-refractivity contribution in [3.05, 3.63) is 72.4 Å². The first-order valence-electron chi connectivity index (χ1n) is 10.7. The average molecular weight is 402 g/mol. The van der Waals surface area contributed by atoms with Gasteiger partial charge in [0.05, 0.1) is 13.8 Å². The molecule has 0 aliphatic carbocycles. The number of pyridine rings is 1. The van der Waals surface area contributed by atoms with Crippen molar-refractivity contribution in [1.29, 1.82) is 0 Å². The summed E-state index contributed by atoms with van der Waals surface area (Å²) in [6.07, 6.45) is 3.13. The zero-order chi connectivity index (χ0) is 21.2. The smallest absolute Gasteiger partial charge is 0.0859 e. The molecular formula is C27H35NSi. The third-order valence-corrected chi connectivity index (χ3v) is 12.0. The van der Waals surface area contributed by atoms with Crippen LogP contribution in [0.3, 0.4) is 0 Å². The van der Waals surface area contributed by atoms with E-state index >= 15 is 0 Å². The van der Waals surface area contributed by atoms with Gasteiger partial charge in [0.2, 0.25) is 0 Å². The van der Waals surface area contributed by atoms with Gasteiger partial charge in [0.1, 0.15) is 0 Å². The standard InChI is InChI=1S/C27H35NSi/c1-20(2)17-23-18-26(22-11-9-8-10-12-22)28-19-25(23)21-13-15-24(16-14-21)29(6,7)27(3,4)5/h8-16,18-20H,17H2,1-7H3. The molecule has 29 heavy (non-hydrogen) atoms. The monoisotopic (exact) mass is 401 g/mol. The molecule has 0 fully saturated rings. The number of benzene rings is 2. The Bertz CT molecular complexity index is 948. The first-order chi connectivity index (χ1) is 13.6. The van der Waals surface area contributed by atoms with Gasteiger partial charge in [-0.05, 0) is 34.6 Å². The fraction of sp³-hybridized carbons (Fsp3) is 0.370. The molecule has 0 saturated carbocycles. The SMILES string of the molecule is CC(C)Cc1cc(-c2ccccc2)ncc1-c1ccc([Si](C)(C)C(C)(C)C)cc1. The fourth-order valence-corrected chi connectivity index (χ4v) is 5.50. The highest BCUT2D eigenvalue weighted by Gasteiger charge is 2.36. The summed E-state index contributed by atoms with van der Waals surface area (Å²) in [4.78, 5) is 4.81. The largest absolute Gasteiger partial charge is 0.256 e. The summed E-state index contributed by atoms with van der Waals surface area (Å²) >= 11 is 0. The van der Waals surface area contributed by atoms with Crippen LogP contribution in [0.5, 0.6) is 0 Å². The molecule has 0 unspecified atom stereocenters. The number of hydrogen-bond donors (Lipinski definition) is 0. The van der Waals surface area contributed by atoms with Gasteiger partial charge in [-0.1, -0.05) is 107 Å². The molecule has 0 aliphatic rings. The maximum absolute atomic E-state index is 4.81. The molecule has 1 nitrogen and oxygen atoms in total. The second kappa shape index (κ2) is 8.28. The lowest BCUT2D eigenvalue weighted by atomic mass is 9.94. The van der Waals surface area contributed by atoms with Gasteiger partial charge >= 0.3 is 0 Å². The highest BCUT2D eigenvalue weighted by Crippen LogP contribution is 2.36. The first-order valence-corrected chi connectivity index (χ1v) is 13.7. The normalized spacial score (nSPS) is 12.4. The predicted molar refractivity (Wildman–Crippen MR) is 130 cm³/mol. The minimum Gasteiger partial charge on any atom is -0.256 e. The van der Waals surface area contributed by atoms with Gasteiger partial charge in [-0.25, -0.2) is 0 Å². The Kier molecular flexibility index (Phi) is 6.14. The van der Waals surface area contributed by atoms with Gasteiger partial charge in [0.15, 0.2) is 0 Å². The van der Waals surface area contributed by atoms with Crippen molar-refractivity contribution in [3.8, 4) is 22.4 Å². The van der Waals surface area contributed by atoms with Crippen molar-refractivity contribution in [1.82, 2.24) is 4.98 Å². The summed E-state index contributed by atoms with van der Waals surface area (Å²) in [5.74, 6) is 0.603. The molecule has 0 aliphatic heterocycles. The van der Waals surface area contributed by atoms with Crippen LogP contribution in [0, 0.1) is 5.92 Å². The molecule has 0 saturated heterocycles. The van der Waals surface area contributed by atoms with E-state index in [0.29, 0.717) is 11.0 Å². The quantitative estimate of drug-likeness (QED) is 0.408. The maximum Gasteiger partial charge on any atom is 0.0859 e. The van der Waals surface area contributed by atoms with Crippen LogP contribution in [0.2, 0.25) is 18.1 Å². The van der Waals surface area contributed by atoms with Gasteiger partial charge in [-0.3, -0.25) is 4.98 Å². The predicted octanol–water partition coefficient (Wildman–Crippen LogP) is 7.33. The second-order valence-electron chi connectivity index (χ2n) is 10.1. The molecule has 0 radical (unpaired) electrons.